The van der Waals surface area contributed by atoms with Crippen molar-refractivity contribution in [2.45, 2.75) is 22.5 Å². The van der Waals surface area contributed by atoms with Crippen LogP contribution in [0.25, 0.3) is 21.8 Å². The first-order valence-electron chi connectivity index (χ1n) is 8.49. The van der Waals surface area contributed by atoms with Crippen molar-refractivity contribution in [1.82, 2.24) is 9.55 Å². The summed E-state index contributed by atoms with van der Waals surface area (Å²) < 4.78 is 1.98. The molecule has 0 aliphatic rings. The highest BCUT2D eigenvalue weighted by molar-refractivity contribution is 8.06. The van der Waals surface area contributed by atoms with E-state index in [9.17, 15) is 4.79 Å². The first-order valence-corrected chi connectivity index (χ1v) is 9.01. The average Bonchev–Trinajstić information content (AvgIpc) is 2.96. The highest BCUT2D eigenvalue weighted by atomic mass is 32.1. The molecule has 0 aliphatic heterocycles. The number of aromatic nitrogens is 2. The number of thiol groups is 1. The summed E-state index contributed by atoms with van der Waals surface area (Å²) in [6.45, 7) is 1.70. The maximum atomic E-state index is 11.5. The number of para-hydroxylation sites is 1. The van der Waals surface area contributed by atoms with Gasteiger partial charge in [0, 0.05) is 28.3 Å². The highest BCUT2D eigenvalue weighted by Crippen LogP contribution is 2.47. The Morgan fingerprint density at radius 2 is 1.86 bits per heavy atom. The van der Waals surface area contributed by atoms with Crippen molar-refractivity contribution in [3.8, 4) is 0 Å². The summed E-state index contributed by atoms with van der Waals surface area (Å²) in [6, 6.07) is 9.45. The van der Waals surface area contributed by atoms with Gasteiger partial charge in [-0.3, -0.25) is 9.78 Å². The molecule has 0 amide bonds. The van der Waals surface area contributed by atoms with Crippen LogP contribution < -0.4 is 5.59 Å². The second-order valence-corrected chi connectivity index (χ2v) is 7.16. The van der Waals surface area contributed by atoms with Crippen LogP contribution in [0.3, 0.4) is 0 Å². The molecule has 2 aromatic heterocycles. The lowest BCUT2D eigenvalue weighted by atomic mass is 9.13. The number of rotatable bonds is 7. The van der Waals surface area contributed by atoms with E-state index in [1.807, 2.05) is 28.8 Å². The fourth-order valence-corrected chi connectivity index (χ4v) is 3.36. The van der Waals surface area contributed by atoms with Gasteiger partial charge in [0.1, 0.15) is 5.69 Å². The van der Waals surface area contributed by atoms with Gasteiger partial charge in [0.15, 0.2) is 13.6 Å². The lowest BCUT2D eigenvalue weighted by Crippen LogP contribution is -2.45. The molecule has 0 bridgehead atoms. The molecule has 0 fully saturated rings. The summed E-state index contributed by atoms with van der Waals surface area (Å²) in [7, 11) is 37.1. The minimum Gasteiger partial charge on any atom is -0.347 e. The van der Waals surface area contributed by atoms with Crippen LogP contribution in [0.15, 0.2) is 30.3 Å². The molecule has 0 unspecified atom stereocenters. The molecule has 3 aromatic rings. The van der Waals surface area contributed by atoms with Crippen LogP contribution in [0.5, 0.6) is 0 Å². The van der Waals surface area contributed by atoms with Crippen molar-refractivity contribution in [3.63, 3.8) is 0 Å². The van der Waals surface area contributed by atoms with Crippen LogP contribution >= 0.6 is 12.5 Å². The Bertz CT molecular complexity index is 1040. The molecule has 28 heavy (non-hydrogen) atoms. The molecular formula is C16H10B8N2OS. The second kappa shape index (κ2) is 7.85. The van der Waals surface area contributed by atoms with Crippen LogP contribution in [-0.2, 0) is 6.44 Å². The fourth-order valence-electron chi connectivity index (χ4n) is 3.20. The van der Waals surface area contributed by atoms with E-state index in [1.165, 1.54) is 7.28 Å². The zero-order valence-electron chi connectivity index (χ0n) is 15.1. The van der Waals surface area contributed by atoms with Gasteiger partial charge in [-0.15, -0.1) is 16.0 Å². The first-order chi connectivity index (χ1) is 13.1. The van der Waals surface area contributed by atoms with E-state index in [0.29, 0.717) is 23.8 Å². The standard InChI is InChI=1S/C16H10B8N2OS/c17-14(18)15(19,20)16(21,22)24-13-12-10(5-8(6-27)25-13)9-3-1-2-4-11(9)26(12)7-23-28/h1-6,14,28H,7H2. The summed E-state index contributed by atoms with van der Waals surface area (Å²) in [5.41, 5.74) is 1.00. The van der Waals surface area contributed by atoms with Gasteiger partial charge in [0.2, 0.25) is 6.56 Å². The zero-order chi connectivity index (χ0) is 20.7. The Hall–Kier alpha value is -1.29. The smallest absolute Gasteiger partial charge is 0.211 e. The minimum atomic E-state index is -1.83. The largest absolute Gasteiger partial charge is 0.347 e. The number of pyridine rings is 1. The number of fused-ring (bicyclic) bond motifs is 3. The van der Waals surface area contributed by atoms with E-state index in [0.717, 1.165) is 16.3 Å². The fraction of sp³-hybridized carbons (Fsp3) is 0.250. The van der Waals surface area contributed by atoms with Gasteiger partial charge in [-0.2, -0.15) is 0 Å². The van der Waals surface area contributed by atoms with Crippen LogP contribution in [0.4, 0.5) is 0 Å². The molecule has 12 heteroatoms. The van der Waals surface area contributed by atoms with Gasteiger partial charge >= 0.3 is 0 Å². The van der Waals surface area contributed by atoms with Crippen molar-refractivity contribution in [3.05, 3.63) is 36.0 Å². The van der Waals surface area contributed by atoms with Gasteiger partial charge < -0.3 is 4.57 Å². The van der Waals surface area contributed by atoms with E-state index in [-0.39, 0.29) is 5.69 Å². The van der Waals surface area contributed by atoms with Crippen molar-refractivity contribution in [1.29, 1.82) is 0 Å². The molecule has 14 radical (unpaired) electrons. The summed E-state index contributed by atoms with van der Waals surface area (Å²) >= 11 is 4.24. The lowest BCUT2D eigenvalue weighted by molar-refractivity contribution is 0.111. The monoisotopic (exact) mass is 366 g/mol. The van der Waals surface area contributed by atoms with E-state index in [1.54, 1.807) is 12.6 Å². The molecule has 0 atom stereocenters. The molecule has 3 nitrogen and oxygen atoms in total. The molecule has 0 aliphatic carbocycles. The second-order valence-electron chi connectivity index (χ2n) is 6.79. The Labute approximate surface area is 179 Å². The van der Waals surface area contributed by atoms with Crippen molar-refractivity contribution >= 4 is 107 Å². The molecule has 120 valence electrons. The van der Waals surface area contributed by atoms with Gasteiger partial charge in [0.05, 0.1) is 52.6 Å². The van der Waals surface area contributed by atoms with E-state index in [4.69, 9.17) is 47.1 Å². The van der Waals surface area contributed by atoms with Crippen molar-refractivity contribution in [2.24, 2.45) is 0 Å². The van der Waals surface area contributed by atoms with E-state index >= 15 is 0 Å². The molecule has 0 spiro atoms. The van der Waals surface area contributed by atoms with Crippen molar-refractivity contribution in [2.75, 3.05) is 0 Å². The number of aldehydes is 1. The molecule has 1 aromatic carbocycles. The van der Waals surface area contributed by atoms with Gasteiger partial charge in [-0.05, 0) is 12.1 Å². The Balaban J connectivity index is 2.31. The third kappa shape index (κ3) is 3.53. The van der Waals surface area contributed by atoms with Crippen LogP contribution in [-0.4, -0.2) is 76.8 Å². The number of carbonyl (C=O) groups is 1. The number of carbonyl (C=O) groups excluding carboxylic acids is 1. The van der Waals surface area contributed by atoms with Gasteiger partial charge in [-0.1, -0.05) is 18.2 Å². The number of hydrogen-bond donors (Lipinski definition) is 1. The Kier molecular flexibility index (Phi) is 6.01. The minimum absolute atomic E-state index is 0.212. The summed E-state index contributed by atoms with van der Waals surface area (Å²) in [4.78, 5) is 15.9. The third-order valence-corrected chi connectivity index (χ3v) is 5.02. The summed E-state index contributed by atoms with van der Waals surface area (Å²) in [5, 5.41) is -1.89. The zero-order valence-corrected chi connectivity index (χ0v) is 16.0. The summed E-state index contributed by atoms with van der Waals surface area (Å²) in [5.74, 6) is 0. The SMILES string of the molecule is [B]C([B])C([B])([B])C([B])([B])[B]c1nc(C=O)cc2c3ccccc3n(C[B]S)c12. The Morgan fingerprint density at radius 3 is 2.46 bits per heavy atom. The average molecular weight is 365 g/mol. The predicted octanol–water partition coefficient (Wildman–Crippen LogP) is -0.215. The Morgan fingerprint density at radius 1 is 1.18 bits per heavy atom. The van der Waals surface area contributed by atoms with E-state index in [2.05, 4.69) is 17.5 Å². The summed E-state index contributed by atoms with van der Waals surface area (Å²) in [6.07, 6.45) is 1.13. The van der Waals surface area contributed by atoms with Crippen LogP contribution in [0.1, 0.15) is 10.5 Å². The van der Waals surface area contributed by atoms with Gasteiger partial charge in [-0.25, -0.2) is 12.5 Å². The van der Waals surface area contributed by atoms with Crippen LogP contribution in [0, 0.1) is 0 Å². The normalized spacial score (nSPS) is 12.5. The molecule has 0 N–H and O–H groups in total. The van der Waals surface area contributed by atoms with Gasteiger partial charge in [0.25, 0.3) is 0 Å². The predicted molar refractivity (Wildman–Crippen MR) is 126 cm³/mol. The van der Waals surface area contributed by atoms with Crippen molar-refractivity contribution < 1.29 is 4.79 Å². The van der Waals surface area contributed by atoms with Crippen LogP contribution in [0.2, 0.25) is 16.0 Å². The maximum Gasteiger partial charge on any atom is 0.211 e. The first kappa shape index (κ1) is 21.4. The molecule has 0 saturated carbocycles. The maximum absolute atomic E-state index is 11.5. The molecule has 2 heterocycles. The number of hydrogen-bond acceptors (Lipinski definition) is 3. The third-order valence-electron chi connectivity index (χ3n) is 4.86. The number of benzene rings is 1. The lowest BCUT2D eigenvalue weighted by Gasteiger charge is -2.48. The molecule has 0 saturated heterocycles. The molecule has 3 rings (SSSR count). The molecular weight excluding hydrogens is 355 g/mol. The highest BCUT2D eigenvalue weighted by Gasteiger charge is 2.38. The topological polar surface area (TPSA) is 34.9 Å². The van der Waals surface area contributed by atoms with E-state index < -0.39 is 16.0 Å². The number of nitrogens with zero attached hydrogens (tertiary/aromatic N) is 2. The quantitative estimate of drug-likeness (QED) is 0.357.